The van der Waals surface area contributed by atoms with Crippen molar-refractivity contribution in [2.45, 2.75) is 32.4 Å². The number of hydrogen-bond acceptors (Lipinski definition) is 5. The molecule has 0 radical (unpaired) electrons. The molecule has 1 aromatic rings. The fraction of sp³-hybridized carbons (Fsp3) is 0.643. The van der Waals surface area contributed by atoms with Crippen molar-refractivity contribution < 1.29 is 9.21 Å². The molecule has 2 rings (SSSR count). The average Bonchev–Trinajstić information content (AvgIpc) is 2.83. The fourth-order valence-corrected chi connectivity index (χ4v) is 2.82. The van der Waals surface area contributed by atoms with Crippen molar-refractivity contribution >= 4 is 5.91 Å². The van der Waals surface area contributed by atoms with Crippen LogP contribution in [0.1, 0.15) is 35.9 Å². The van der Waals surface area contributed by atoms with Crippen LogP contribution in [0.15, 0.2) is 16.7 Å². The molecule has 0 saturated carbocycles. The quantitative estimate of drug-likeness (QED) is 0.485. The Bertz CT molecular complexity index is 446. The van der Waals surface area contributed by atoms with E-state index in [2.05, 4.69) is 29.2 Å². The average molecular weight is 280 g/mol. The van der Waals surface area contributed by atoms with E-state index in [0.29, 0.717) is 23.9 Å². The van der Waals surface area contributed by atoms with Gasteiger partial charge in [-0.05, 0) is 32.5 Å². The highest BCUT2D eigenvalue weighted by molar-refractivity contribution is 5.94. The molecule has 20 heavy (non-hydrogen) atoms. The van der Waals surface area contributed by atoms with Crippen molar-refractivity contribution in [3.8, 4) is 0 Å². The molecule has 1 aliphatic heterocycles. The number of hydrazine groups is 1. The SMILES string of the molecule is CCC1CN(C)CCCN1Cc1occc1C(=O)NN. The summed E-state index contributed by atoms with van der Waals surface area (Å²) in [7, 11) is 2.16. The fourth-order valence-electron chi connectivity index (χ4n) is 2.82. The summed E-state index contributed by atoms with van der Waals surface area (Å²) in [6.45, 7) is 6.04. The first-order valence-electron chi connectivity index (χ1n) is 7.15. The second kappa shape index (κ2) is 6.88. The predicted molar refractivity (Wildman–Crippen MR) is 77.0 cm³/mol. The number of nitrogens with one attached hydrogen (secondary N) is 1. The van der Waals surface area contributed by atoms with Crippen LogP contribution < -0.4 is 11.3 Å². The van der Waals surface area contributed by atoms with Crippen LogP contribution in [0.5, 0.6) is 0 Å². The van der Waals surface area contributed by atoms with Crippen LogP contribution in [0, 0.1) is 0 Å². The zero-order valence-electron chi connectivity index (χ0n) is 12.3. The van der Waals surface area contributed by atoms with Gasteiger partial charge in [0, 0.05) is 19.1 Å². The van der Waals surface area contributed by atoms with Gasteiger partial charge in [-0.15, -0.1) is 0 Å². The topological polar surface area (TPSA) is 74.7 Å². The first-order chi connectivity index (χ1) is 9.65. The van der Waals surface area contributed by atoms with E-state index in [1.54, 1.807) is 12.3 Å². The number of nitrogen functional groups attached to an aromatic ring is 1. The molecule has 1 fully saturated rings. The highest BCUT2D eigenvalue weighted by Crippen LogP contribution is 2.19. The van der Waals surface area contributed by atoms with Crippen LogP contribution in [-0.2, 0) is 6.54 Å². The Kier molecular flexibility index (Phi) is 5.17. The van der Waals surface area contributed by atoms with Crippen LogP contribution in [0.3, 0.4) is 0 Å². The number of rotatable bonds is 4. The molecule has 1 saturated heterocycles. The van der Waals surface area contributed by atoms with Gasteiger partial charge in [0.2, 0.25) is 0 Å². The number of furan rings is 1. The van der Waals surface area contributed by atoms with E-state index in [9.17, 15) is 4.79 Å². The minimum atomic E-state index is -0.297. The molecule has 0 aromatic carbocycles. The van der Waals surface area contributed by atoms with Gasteiger partial charge in [0.25, 0.3) is 5.91 Å². The third-order valence-electron chi connectivity index (χ3n) is 3.96. The Balaban J connectivity index is 2.11. The molecule has 1 aliphatic rings. The molecular formula is C14H24N4O2. The van der Waals surface area contributed by atoms with Gasteiger partial charge < -0.3 is 9.32 Å². The van der Waals surface area contributed by atoms with E-state index < -0.39 is 0 Å². The van der Waals surface area contributed by atoms with E-state index in [1.165, 1.54) is 0 Å². The number of hydrogen-bond donors (Lipinski definition) is 2. The monoisotopic (exact) mass is 280 g/mol. The first kappa shape index (κ1) is 15.0. The third-order valence-corrected chi connectivity index (χ3v) is 3.96. The summed E-state index contributed by atoms with van der Waals surface area (Å²) in [5.41, 5.74) is 2.69. The van der Waals surface area contributed by atoms with Crippen LogP contribution in [0.2, 0.25) is 0 Å². The summed E-state index contributed by atoms with van der Waals surface area (Å²) in [6, 6.07) is 2.16. The van der Waals surface area contributed by atoms with Gasteiger partial charge in [-0.25, -0.2) is 5.84 Å². The zero-order chi connectivity index (χ0) is 14.5. The van der Waals surface area contributed by atoms with Crippen LogP contribution in [0.4, 0.5) is 0 Å². The van der Waals surface area contributed by atoms with E-state index in [0.717, 1.165) is 32.5 Å². The molecular weight excluding hydrogens is 256 g/mol. The number of carbonyl (C=O) groups is 1. The van der Waals surface area contributed by atoms with Crippen molar-refractivity contribution in [1.29, 1.82) is 0 Å². The Morgan fingerprint density at radius 2 is 2.35 bits per heavy atom. The molecule has 0 bridgehead atoms. The largest absolute Gasteiger partial charge is 0.467 e. The zero-order valence-corrected chi connectivity index (χ0v) is 12.3. The Morgan fingerprint density at radius 1 is 1.55 bits per heavy atom. The molecule has 1 amide bonds. The van der Waals surface area contributed by atoms with Gasteiger partial charge in [0.05, 0.1) is 18.4 Å². The van der Waals surface area contributed by atoms with Crippen molar-refractivity contribution in [2.24, 2.45) is 5.84 Å². The molecule has 1 aromatic heterocycles. The number of carbonyl (C=O) groups excluding carboxylic acids is 1. The van der Waals surface area contributed by atoms with E-state index in [4.69, 9.17) is 10.3 Å². The van der Waals surface area contributed by atoms with Crippen molar-refractivity contribution in [3.05, 3.63) is 23.7 Å². The highest BCUT2D eigenvalue weighted by atomic mass is 16.3. The summed E-state index contributed by atoms with van der Waals surface area (Å²) in [4.78, 5) is 16.4. The lowest BCUT2D eigenvalue weighted by molar-refractivity contribution is 0.0947. The molecule has 3 N–H and O–H groups in total. The molecule has 6 heteroatoms. The number of nitrogens with two attached hydrogens (primary N) is 1. The molecule has 1 atom stereocenters. The Hall–Kier alpha value is -1.37. The van der Waals surface area contributed by atoms with Crippen molar-refractivity contribution in [1.82, 2.24) is 15.2 Å². The second-order valence-corrected chi connectivity index (χ2v) is 5.38. The van der Waals surface area contributed by atoms with E-state index in [1.807, 2.05) is 0 Å². The molecule has 0 spiro atoms. The maximum atomic E-state index is 11.7. The number of likely N-dealkylation sites (N-methyl/N-ethyl adjacent to an activating group) is 1. The lowest BCUT2D eigenvalue weighted by atomic mass is 10.1. The van der Waals surface area contributed by atoms with Crippen LogP contribution in [-0.4, -0.2) is 48.4 Å². The standard InChI is InChI=1S/C14H24N4O2/c1-3-11-9-17(2)6-4-7-18(11)10-13-12(5-8-20-13)14(19)16-15/h5,8,11H,3-4,6-7,9-10,15H2,1-2H3,(H,16,19). The molecule has 112 valence electrons. The van der Waals surface area contributed by atoms with Gasteiger partial charge in [-0.1, -0.05) is 6.92 Å². The molecule has 6 nitrogen and oxygen atoms in total. The van der Waals surface area contributed by atoms with Gasteiger partial charge in [-0.2, -0.15) is 0 Å². The molecule has 1 unspecified atom stereocenters. The maximum Gasteiger partial charge on any atom is 0.268 e. The molecule has 0 aliphatic carbocycles. The van der Waals surface area contributed by atoms with Crippen LogP contribution in [0.25, 0.3) is 0 Å². The Morgan fingerprint density at radius 3 is 3.05 bits per heavy atom. The smallest absolute Gasteiger partial charge is 0.268 e. The second-order valence-electron chi connectivity index (χ2n) is 5.38. The summed E-state index contributed by atoms with van der Waals surface area (Å²) in [6.07, 6.45) is 3.76. The number of nitrogens with zero attached hydrogens (tertiary/aromatic N) is 2. The van der Waals surface area contributed by atoms with Crippen LogP contribution >= 0.6 is 0 Å². The minimum Gasteiger partial charge on any atom is -0.467 e. The lowest BCUT2D eigenvalue weighted by Gasteiger charge is -2.29. The van der Waals surface area contributed by atoms with E-state index in [-0.39, 0.29) is 5.91 Å². The van der Waals surface area contributed by atoms with Gasteiger partial charge in [0.15, 0.2) is 0 Å². The minimum absolute atomic E-state index is 0.297. The van der Waals surface area contributed by atoms with E-state index >= 15 is 0 Å². The summed E-state index contributed by atoms with van der Waals surface area (Å²) >= 11 is 0. The lowest BCUT2D eigenvalue weighted by Crippen LogP contribution is -2.39. The van der Waals surface area contributed by atoms with Gasteiger partial charge in [0.1, 0.15) is 5.76 Å². The normalized spacial score (nSPS) is 21.6. The first-order valence-corrected chi connectivity index (χ1v) is 7.15. The van der Waals surface area contributed by atoms with Crippen molar-refractivity contribution in [3.63, 3.8) is 0 Å². The summed E-state index contributed by atoms with van der Waals surface area (Å²) < 4.78 is 5.48. The molecule has 2 heterocycles. The summed E-state index contributed by atoms with van der Waals surface area (Å²) in [5.74, 6) is 5.59. The highest BCUT2D eigenvalue weighted by Gasteiger charge is 2.24. The van der Waals surface area contributed by atoms with Gasteiger partial charge >= 0.3 is 0 Å². The Labute approximate surface area is 119 Å². The maximum absolute atomic E-state index is 11.7. The summed E-state index contributed by atoms with van der Waals surface area (Å²) in [5, 5.41) is 0. The third kappa shape index (κ3) is 3.39. The number of amides is 1. The van der Waals surface area contributed by atoms with Crippen molar-refractivity contribution in [2.75, 3.05) is 26.7 Å². The predicted octanol–water partition coefficient (Wildman–Crippen LogP) is 0.799. The van der Waals surface area contributed by atoms with Gasteiger partial charge in [-0.3, -0.25) is 15.1 Å².